The summed E-state index contributed by atoms with van der Waals surface area (Å²) in [4.78, 5) is 37.3. The maximum atomic E-state index is 13.0. The number of amides is 2. The number of nitrogens with zero attached hydrogens (tertiary/aromatic N) is 4. The number of halogens is 1. The number of carbonyl (C=O) groups is 2. The average Bonchev–Trinajstić information content (AvgIpc) is 3.27. The average molecular weight is 458 g/mol. The third kappa shape index (κ3) is 5.44. The number of piperidine rings is 1. The molecule has 2 aliphatic heterocycles. The molecule has 2 saturated heterocycles. The zero-order chi connectivity index (χ0) is 21.8. The number of terminal acetylenes is 1. The predicted molar refractivity (Wildman–Crippen MR) is 129 cm³/mol. The molecule has 2 fully saturated rings. The lowest BCUT2D eigenvalue weighted by Gasteiger charge is -2.42. The number of likely N-dealkylation sites (tertiary alicyclic amines) is 1. The zero-order valence-corrected chi connectivity index (χ0v) is 19.4. The van der Waals surface area contributed by atoms with Crippen LogP contribution >= 0.6 is 12.4 Å². The maximum Gasteiger partial charge on any atom is 0.255 e. The molecule has 0 saturated carbocycles. The van der Waals surface area contributed by atoms with Gasteiger partial charge in [0.05, 0.1) is 6.54 Å². The van der Waals surface area contributed by atoms with Gasteiger partial charge in [0.15, 0.2) is 0 Å². The molecule has 0 radical (unpaired) electrons. The van der Waals surface area contributed by atoms with Crippen molar-refractivity contribution in [2.45, 2.75) is 18.9 Å². The van der Waals surface area contributed by atoms with E-state index in [1.54, 1.807) is 6.07 Å². The second-order valence-corrected chi connectivity index (χ2v) is 8.60. The summed E-state index contributed by atoms with van der Waals surface area (Å²) in [6, 6.07) is 8.07. The van der Waals surface area contributed by atoms with Crippen molar-refractivity contribution < 1.29 is 9.59 Å². The number of carbonyl (C=O) groups excluding carboxylic acids is 2. The van der Waals surface area contributed by atoms with Crippen LogP contribution in [-0.2, 0) is 4.79 Å². The van der Waals surface area contributed by atoms with Crippen LogP contribution in [0.25, 0.3) is 10.9 Å². The van der Waals surface area contributed by atoms with Crippen LogP contribution in [0.15, 0.2) is 30.5 Å². The second kappa shape index (κ2) is 10.9. The van der Waals surface area contributed by atoms with Crippen LogP contribution in [-0.4, -0.2) is 102 Å². The van der Waals surface area contributed by atoms with E-state index in [2.05, 4.69) is 27.8 Å². The van der Waals surface area contributed by atoms with Crippen molar-refractivity contribution in [3.63, 3.8) is 0 Å². The van der Waals surface area contributed by atoms with E-state index in [-0.39, 0.29) is 37.3 Å². The Kier molecular flexibility index (Phi) is 8.19. The van der Waals surface area contributed by atoms with Crippen molar-refractivity contribution in [2.24, 2.45) is 0 Å². The predicted octanol–water partition coefficient (Wildman–Crippen LogP) is 1.90. The molecule has 7 nitrogen and oxygen atoms in total. The van der Waals surface area contributed by atoms with Crippen LogP contribution in [0.5, 0.6) is 0 Å². The molecule has 1 aromatic carbocycles. The summed E-state index contributed by atoms with van der Waals surface area (Å²) in [6.45, 7) is 5.61. The van der Waals surface area contributed by atoms with Crippen molar-refractivity contribution >= 4 is 35.1 Å². The molecule has 2 aromatic rings. The van der Waals surface area contributed by atoms with Gasteiger partial charge in [-0.15, -0.1) is 18.8 Å². The van der Waals surface area contributed by atoms with E-state index in [0.29, 0.717) is 24.7 Å². The van der Waals surface area contributed by atoms with Crippen LogP contribution in [0.4, 0.5) is 0 Å². The van der Waals surface area contributed by atoms with Gasteiger partial charge in [0, 0.05) is 49.5 Å². The second-order valence-electron chi connectivity index (χ2n) is 8.60. The fraction of sp³-hybridized carbons (Fsp3) is 0.500. The molecule has 0 bridgehead atoms. The molecule has 0 atom stereocenters. The van der Waals surface area contributed by atoms with Gasteiger partial charge in [0.2, 0.25) is 5.91 Å². The number of rotatable bonds is 5. The van der Waals surface area contributed by atoms with Gasteiger partial charge < -0.3 is 19.7 Å². The van der Waals surface area contributed by atoms with Crippen molar-refractivity contribution in [3.05, 3.63) is 36.0 Å². The van der Waals surface area contributed by atoms with Crippen LogP contribution in [0.2, 0.25) is 0 Å². The van der Waals surface area contributed by atoms with Crippen LogP contribution in [0.1, 0.15) is 23.2 Å². The summed E-state index contributed by atoms with van der Waals surface area (Å²) in [7, 11) is 2.17. The van der Waals surface area contributed by atoms with Gasteiger partial charge in [-0.05, 0) is 56.6 Å². The monoisotopic (exact) mass is 457 g/mol. The highest BCUT2D eigenvalue weighted by molar-refractivity contribution is 5.99. The maximum absolute atomic E-state index is 13.0. The third-order valence-corrected chi connectivity index (χ3v) is 6.57. The molecule has 0 unspecified atom stereocenters. The first-order valence-corrected chi connectivity index (χ1v) is 11.1. The van der Waals surface area contributed by atoms with Gasteiger partial charge in [0.1, 0.15) is 6.54 Å². The lowest BCUT2D eigenvalue weighted by molar-refractivity contribution is -0.134. The first-order valence-electron chi connectivity index (χ1n) is 11.1. The highest BCUT2D eigenvalue weighted by Gasteiger charge is 2.29. The number of aromatic amines is 1. The third-order valence-electron chi connectivity index (χ3n) is 6.57. The molecular formula is C24H32ClN5O2. The molecule has 3 heterocycles. The zero-order valence-electron chi connectivity index (χ0n) is 18.6. The van der Waals surface area contributed by atoms with Crippen molar-refractivity contribution in [2.75, 3.05) is 59.4 Å². The molecular weight excluding hydrogens is 426 g/mol. The molecule has 4 rings (SSSR count). The van der Waals surface area contributed by atoms with Gasteiger partial charge in [-0.1, -0.05) is 12.0 Å². The molecule has 172 valence electrons. The Labute approximate surface area is 196 Å². The number of hydrogen-bond donors (Lipinski definition) is 1. The molecule has 8 heteroatoms. The van der Waals surface area contributed by atoms with Gasteiger partial charge >= 0.3 is 0 Å². The van der Waals surface area contributed by atoms with E-state index >= 15 is 0 Å². The molecule has 2 amide bonds. The Morgan fingerprint density at radius 2 is 1.84 bits per heavy atom. The minimum absolute atomic E-state index is 0. The van der Waals surface area contributed by atoms with E-state index in [0.717, 1.165) is 37.1 Å². The van der Waals surface area contributed by atoms with Crippen LogP contribution in [0.3, 0.4) is 0 Å². The summed E-state index contributed by atoms with van der Waals surface area (Å²) in [5.74, 6) is 2.28. The highest BCUT2D eigenvalue weighted by atomic mass is 35.5. The van der Waals surface area contributed by atoms with Gasteiger partial charge in [-0.2, -0.15) is 0 Å². The Bertz CT molecular complexity index is 968. The SMILES string of the molecule is C#CCN(CC(=O)N1CCN(C2CCN(C)CC2)CC1)C(=O)c1ccc2cc[nH]c2c1.Cl. The summed E-state index contributed by atoms with van der Waals surface area (Å²) in [5.41, 5.74) is 1.42. The van der Waals surface area contributed by atoms with E-state index < -0.39 is 0 Å². The standard InChI is InChI=1S/C24H31N5O2.ClH/c1-3-10-29(24(31)20-5-4-19-6-9-25-22(19)17-20)18-23(30)28-15-13-27(14-16-28)21-7-11-26(2)12-8-21;/h1,4-6,9,17,21,25H,7-8,10-16,18H2,2H3;1H. The largest absolute Gasteiger partial charge is 0.361 e. The number of piperazine rings is 1. The molecule has 1 aromatic heterocycles. The van der Waals surface area contributed by atoms with Crippen molar-refractivity contribution in [3.8, 4) is 12.3 Å². The van der Waals surface area contributed by atoms with Gasteiger partial charge in [-0.3, -0.25) is 14.5 Å². The number of hydrogen-bond acceptors (Lipinski definition) is 4. The summed E-state index contributed by atoms with van der Waals surface area (Å²) < 4.78 is 0. The number of benzene rings is 1. The normalized spacial score (nSPS) is 18.2. The van der Waals surface area contributed by atoms with Crippen molar-refractivity contribution in [1.29, 1.82) is 0 Å². The van der Waals surface area contributed by atoms with Crippen LogP contribution < -0.4 is 0 Å². The lowest BCUT2D eigenvalue weighted by atomic mass is 10.0. The number of nitrogens with one attached hydrogen (secondary N) is 1. The van der Waals surface area contributed by atoms with E-state index in [9.17, 15) is 9.59 Å². The quantitative estimate of drug-likeness (QED) is 0.696. The molecule has 2 aliphatic rings. The summed E-state index contributed by atoms with van der Waals surface area (Å²) in [6.07, 6.45) is 9.73. The fourth-order valence-electron chi connectivity index (χ4n) is 4.63. The molecule has 1 N–H and O–H groups in total. The highest BCUT2D eigenvalue weighted by Crippen LogP contribution is 2.18. The van der Waals surface area contributed by atoms with E-state index in [4.69, 9.17) is 6.42 Å². The number of aromatic nitrogens is 1. The minimum atomic E-state index is -0.215. The van der Waals surface area contributed by atoms with Crippen molar-refractivity contribution in [1.82, 2.24) is 24.6 Å². The van der Waals surface area contributed by atoms with Gasteiger partial charge in [0.25, 0.3) is 5.91 Å². The van der Waals surface area contributed by atoms with E-state index in [1.807, 2.05) is 29.3 Å². The van der Waals surface area contributed by atoms with E-state index in [1.165, 1.54) is 17.7 Å². The minimum Gasteiger partial charge on any atom is -0.361 e. The lowest BCUT2D eigenvalue weighted by Crippen LogP contribution is -2.55. The molecule has 0 aliphatic carbocycles. The Hall–Kier alpha value is -2.53. The number of fused-ring (bicyclic) bond motifs is 1. The van der Waals surface area contributed by atoms with Crippen LogP contribution in [0, 0.1) is 12.3 Å². The summed E-state index contributed by atoms with van der Waals surface area (Å²) in [5, 5.41) is 1.04. The molecule has 0 spiro atoms. The fourth-order valence-corrected chi connectivity index (χ4v) is 4.63. The first kappa shape index (κ1) is 24.1. The Balaban J connectivity index is 0.00000289. The van der Waals surface area contributed by atoms with Gasteiger partial charge in [-0.25, -0.2) is 0 Å². The Morgan fingerprint density at radius 3 is 2.53 bits per heavy atom. The summed E-state index contributed by atoms with van der Waals surface area (Å²) >= 11 is 0. The number of H-pyrrole nitrogens is 1. The topological polar surface area (TPSA) is 62.9 Å². The smallest absolute Gasteiger partial charge is 0.255 e. The first-order chi connectivity index (χ1) is 15.0. The molecule has 32 heavy (non-hydrogen) atoms. The Morgan fingerprint density at radius 1 is 1.12 bits per heavy atom.